The van der Waals surface area contributed by atoms with Crippen molar-refractivity contribution in [3.05, 3.63) is 345 Å². The summed E-state index contributed by atoms with van der Waals surface area (Å²) in [6, 6.07) is 66.6. The second-order valence-corrected chi connectivity index (χ2v) is 37.6. The summed E-state index contributed by atoms with van der Waals surface area (Å²) < 4.78 is 18.4. The van der Waals surface area contributed by atoms with Crippen LogP contribution >= 0.6 is 0 Å². The Morgan fingerprint density at radius 2 is 0.859 bits per heavy atom. The molecule has 5 fully saturated rings. The SMILES string of the molecule is CC#Cc1cc2cnc(Nc3ccc(C4CNCCO4)cc3)nc2n(Cc2ccccc2C)c1=O.CC#Cc1cc2cnc(Nc3ccc(N4CCN(C)CC4)cc3)nc2n(Cc2ccccc2C#N)c1=O.CC#Cc1cc2cnc(Nc3ccc(N4CCN(C)CC4)cc3)nc2n(Cc2ncccc2C)c1=O.CCN(C#Cc1cc2cnc(Nc3ccc(C4CCNC4)cc3)nc2n(Cc2occc2C2CCCC2)c1=O)CC.[HH]. The first-order valence-corrected chi connectivity index (χ1v) is 50.9. The van der Waals surface area contributed by atoms with Crippen LogP contribution in [0.2, 0.25) is 0 Å². The fourth-order valence-electron chi connectivity index (χ4n) is 19.2. The van der Waals surface area contributed by atoms with Crippen molar-refractivity contribution in [2.24, 2.45) is 0 Å². The molecule has 1 saturated carbocycles. The van der Waals surface area contributed by atoms with Gasteiger partial charge >= 0.3 is 0 Å². The van der Waals surface area contributed by atoms with Gasteiger partial charge in [0.2, 0.25) is 23.8 Å². The molecular formula is C118H123N25O6. The lowest BCUT2D eigenvalue weighted by Crippen LogP contribution is -2.44. The van der Waals surface area contributed by atoms with Gasteiger partial charge in [-0.2, -0.15) is 25.2 Å². The molecule has 4 saturated heterocycles. The van der Waals surface area contributed by atoms with Crippen molar-refractivity contribution in [1.82, 2.24) is 88.5 Å². The molecular weight excluding hydrogens is 1860 g/mol. The van der Waals surface area contributed by atoms with Crippen molar-refractivity contribution in [3.8, 4) is 53.6 Å². The van der Waals surface area contributed by atoms with Crippen LogP contribution < -0.4 is 63.9 Å². The van der Waals surface area contributed by atoms with Crippen molar-refractivity contribution >= 4 is 102 Å². The first-order chi connectivity index (χ1) is 72.8. The number of anilines is 10. The van der Waals surface area contributed by atoms with Gasteiger partial charge in [-0.1, -0.05) is 103 Å². The minimum absolute atomic E-state index is 0. The maximum absolute atomic E-state index is 13.9. The molecule has 0 spiro atoms. The largest absolute Gasteiger partial charge is 0.467 e. The number of hydrogen-bond acceptors (Lipinski definition) is 27. The molecule has 21 rings (SSSR count). The van der Waals surface area contributed by atoms with Crippen molar-refractivity contribution in [1.29, 1.82) is 5.26 Å². The fraction of sp³-hybridized carbons (Fsp3) is 0.305. The summed E-state index contributed by atoms with van der Waals surface area (Å²) in [5.74, 6) is 23.8. The van der Waals surface area contributed by atoms with E-state index in [0.717, 1.165) is 189 Å². The number of nitrogens with one attached hydrogen (secondary N) is 6. The first kappa shape index (κ1) is 102. The van der Waals surface area contributed by atoms with E-state index in [0.29, 0.717) is 118 Å². The molecule has 0 bridgehead atoms. The smallest absolute Gasteiger partial charge is 0.268 e. The zero-order valence-electron chi connectivity index (χ0n) is 85.5. The second kappa shape index (κ2) is 48.4. The Labute approximate surface area is 867 Å². The molecule has 2 unspecified atom stereocenters. The number of nitriles is 1. The van der Waals surface area contributed by atoms with Gasteiger partial charge in [0.05, 0.1) is 84.7 Å². The van der Waals surface area contributed by atoms with Gasteiger partial charge in [0.15, 0.2) is 0 Å². The number of hydrogen-bond donors (Lipinski definition) is 6. The zero-order chi connectivity index (χ0) is 103. The third-order valence-corrected chi connectivity index (χ3v) is 27.7. The van der Waals surface area contributed by atoms with E-state index in [4.69, 9.17) is 29.1 Å². The van der Waals surface area contributed by atoms with Gasteiger partial charge in [0.1, 0.15) is 28.3 Å². The van der Waals surface area contributed by atoms with Crippen molar-refractivity contribution in [3.63, 3.8) is 0 Å². The number of likely N-dealkylation sites (N-methyl/N-ethyl adjacent to an activating group) is 2. The molecule has 149 heavy (non-hydrogen) atoms. The molecule has 10 aromatic heterocycles. The number of nitrogens with zero attached hydrogens (tertiary/aromatic N) is 19. The van der Waals surface area contributed by atoms with Crippen LogP contribution in [-0.4, -0.2) is 190 Å². The molecule has 0 radical (unpaired) electrons. The van der Waals surface area contributed by atoms with E-state index in [1.165, 1.54) is 35.3 Å². The fourth-order valence-corrected chi connectivity index (χ4v) is 19.2. The summed E-state index contributed by atoms with van der Waals surface area (Å²) in [5, 5.41) is 32.4. The summed E-state index contributed by atoms with van der Waals surface area (Å²) in [6.45, 7) is 28.9. The summed E-state index contributed by atoms with van der Waals surface area (Å²) >= 11 is 0. The standard InChI is InChI=1S/C33H38N6O2.C29H27N7O.C28H29N7O.C28H27N5O2.H2/c1-3-38(4-2)17-14-25-19-27-21-35-33(36-28-11-9-23(10-12-28)26-13-16-34-20-26)37-31(27)39(32(25)40)22-30-29(15-18-41-30)24-7-5-6-8-24;1-3-6-21-17-24-19-31-29(32-25-9-11-26(12-10-25)35-15-13-34(2)14-16-35)33-27(24)36(28(21)37)20-23-8-5-4-7-22(23)18-30;1-4-6-21-17-22-18-30-28(31-23-8-10-24(11-9-23)34-15-13-33(3)14-16-34)32-26(22)35(27(21)36)19-25-20(2)7-5-12-29-25;1-3-6-21-15-23-16-30-28(31-24-11-9-20(10-12-24)25-17-29-13-14-35-25)32-26(23)33(27(21)34)18-22-8-5-4-7-19(22)2;/h9-12,15,18-19,21,24,26,34H,3-8,13,16,20,22H2,1-2H3,(H,35,36,37);4-5,7-12,17,19H,13-16,20H2,1-2H3,(H,31,32,33);5,7-12,17-18H,13-16,19H2,1-3H3,(H,30,31,32);4-5,7-12,15-16,25,29H,13-14,17-18H2,1-2H3,(H,30,31,32);1H. The molecule has 4 aliphatic heterocycles. The molecule has 0 amide bonds. The van der Waals surface area contributed by atoms with Gasteiger partial charge in [0, 0.05) is 179 Å². The van der Waals surface area contributed by atoms with Crippen molar-refractivity contribution in [2.75, 3.05) is 143 Å². The van der Waals surface area contributed by atoms with Crippen LogP contribution in [0, 0.1) is 72.7 Å². The molecule has 14 heterocycles. The first-order valence-electron chi connectivity index (χ1n) is 50.9. The summed E-state index contributed by atoms with van der Waals surface area (Å²) in [5.41, 5.74) is 17.8. The Balaban J connectivity index is 0.000000136. The number of ether oxygens (including phenoxy) is 1. The number of morpholine rings is 1. The highest BCUT2D eigenvalue weighted by Gasteiger charge is 2.27. The minimum atomic E-state index is -0.254. The molecule has 5 aliphatic rings. The number of furan rings is 1. The molecule has 31 nitrogen and oxygen atoms in total. The number of aryl methyl sites for hydroxylation is 2. The Bertz CT molecular complexity index is 8100. The molecule has 1 aliphatic carbocycles. The lowest BCUT2D eigenvalue weighted by Gasteiger charge is -2.34. The normalized spacial score (nSPS) is 15.1. The molecule has 6 N–H and O–H groups in total. The third-order valence-electron chi connectivity index (χ3n) is 27.7. The highest BCUT2D eigenvalue weighted by atomic mass is 16.5. The van der Waals surface area contributed by atoms with Gasteiger partial charge in [-0.25, -0.2) is 19.9 Å². The molecule has 16 aromatic rings. The number of pyridine rings is 5. The van der Waals surface area contributed by atoms with E-state index in [1.807, 2.05) is 116 Å². The minimum Gasteiger partial charge on any atom is -0.467 e. The number of fused-ring (bicyclic) bond motifs is 4. The van der Waals surface area contributed by atoms with Crippen LogP contribution in [0.5, 0.6) is 0 Å². The Hall–Kier alpha value is -17.0. The average Bonchev–Trinajstić information content (AvgIpc) is 1.23. The van der Waals surface area contributed by atoms with E-state index < -0.39 is 0 Å². The van der Waals surface area contributed by atoms with Gasteiger partial charge in [-0.05, 0) is 260 Å². The third kappa shape index (κ3) is 24.9. The average molecular weight is 1990 g/mol. The lowest BCUT2D eigenvalue weighted by atomic mass is 9.98. The number of aromatic nitrogens is 13. The zero-order valence-corrected chi connectivity index (χ0v) is 85.5. The van der Waals surface area contributed by atoms with Gasteiger partial charge in [-0.15, -0.1) is 17.8 Å². The van der Waals surface area contributed by atoms with Gasteiger partial charge in [0.25, 0.3) is 22.2 Å². The van der Waals surface area contributed by atoms with Gasteiger partial charge in [-0.3, -0.25) is 42.4 Å². The summed E-state index contributed by atoms with van der Waals surface area (Å²) in [7, 11) is 4.30. The van der Waals surface area contributed by atoms with Crippen molar-refractivity contribution in [2.45, 2.75) is 125 Å². The van der Waals surface area contributed by atoms with Crippen LogP contribution in [0.4, 0.5) is 57.9 Å². The maximum atomic E-state index is 13.9. The lowest BCUT2D eigenvalue weighted by molar-refractivity contribution is 0.0277. The number of piperazine rings is 2. The molecule has 756 valence electrons. The predicted molar refractivity (Wildman–Crippen MR) is 593 cm³/mol. The topological polar surface area (TPSA) is 339 Å². The highest BCUT2D eigenvalue weighted by Crippen LogP contribution is 2.38. The van der Waals surface area contributed by atoms with Crippen LogP contribution in [0.1, 0.15) is 164 Å². The van der Waals surface area contributed by atoms with Crippen molar-refractivity contribution < 1.29 is 10.6 Å². The van der Waals surface area contributed by atoms with E-state index in [-0.39, 0.29) is 36.3 Å². The van der Waals surface area contributed by atoms with E-state index in [2.05, 4.69) is 213 Å². The van der Waals surface area contributed by atoms with Gasteiger partial charge < -0.3 is 65.6 Å². The Kier molecular flexibility index (Phi) is 33.1. The van der Waals surface area contributed by atoms with E-state index >= 15 is 0 Å². The predicted octanol–water partition coefficient (Wildman–Crippen LogP) is 16.7. The second-order valence-electron chi connectivity index (χ2n) is 37.6. The van der Waals surface area contributed by atoms with Crippen LogP contribution in [-0.2, 0) is 30.9 Å². The Morgan fingerprint density at radius 1 is 0.436 bits per heavy atom. The summed E-state index contributed by atoms with van der Waals surface area (Å²) in [6.07, 6.45) is 16.4. The monoisotopic (exact) mass is 1990 g/mol. The number of benzene rings is 6. The maximum Gasteiger partial charge on any atom is 0.268 e. The van der Waals surface area contributed by atoms with Crippen LogP contribution in [0.25, 0.3) is 44.1 Å². The van der Waals surface area contributed by atoms with Crippen LogP contribution in [0.3, 0.4) is 0 Å². The summed E-state index contributed by atoms with van der Waals surface area (Å²) in [4.78, 5) is 107. The Morgan fingerprint density at radius 3 is 1.30 bits per heavy atom. The molecule has 6 aromatic carbocycles. The quantitative estimate of drug-likeness (QED) is 0.0256. The van der Waals surface area contributed by atoms with E-state index in [1.54, 1.807) is 113 Å². The molecule has 31 heteroatoms. The molecule has 2 atom stereocenters. The van der Waals surface area contributed by atoms with Crippen LogP contribution in [0.15, 0.2) is 249 Å². The number of rotatable bonds is 23. The van der Waals surface area contributed by atoms with E-state index in [9.17, 15) is 24.4 Å². The highest BCUT2D eigenvalue weighted by molar-refractivity contribution is 5.82.